The molecule has 8 atom stereocenters. The van der Waals surface area contributed by atoms with E-state index >= 15 is 4.79 Å². The van der Waals surface area contributed by atoms with Crippen molar-refractivity contribution in [2.24, 2.45) is 17.8 Å². The number of nitrogens with one attached hydrogen (secondary N) is 2. The van der Waals surface area contributed by atoms with Gasteiger partial charge >= 0.3 is 12.3 Å². The Labute approximate surface area is 375 Å². The minimum absolute atomic E-state index is 0.0394. The van der Waals surface area contributed by atoms with Gasteiger partial charge in [0.1, 0.15) is 41.3 Å². The fraction of sp³-hybridized carbons (Fsp3) is 0.556. The van der Waals surface area contributed by atoms with Gasteiger partial charge in [0.25, 0.3) is 5.91 Å². The molecule has 0 spiro atoms. The van der Waals surface area contributed by atoms with Crippen LogP contribution in [0.5, 0.6) is 17.4 Å². The predicted molar refractivity (Wildman–Crippen MR) is 231 cm³/mol. The highest BCUT2D eigenvalue weighted by atomic mass is 32.2. The molecule has 3 fully saturated rings. The highest BCUT2D eigenvalue weighted by Gasteiger charge is 2.62. The van der Waals surface area contributed by atoms with E-state index in [4.69, 9.17) is 19.2 Å². The molecule has 65 heavy (non-hydrogen) atoms. The standard InChI is InChI=1S/C45H55F3N6O10S/c1-24(2)63-31-12-16-35(49-22-31)36-19-28-18-30(62-6)11-15-34(28)40(50-36)64-32-20-37-39(55)51-44(42(57)52-65(60,61)33-13-14-33)21-29(44)10-8-7-9-25(3)17-26(4)38(41(56)53(37)23-32)54(43(58)59)27(5)45(46,47)48/h8,10-12,15-16,18-19,22,24-27,29,32-33,37-38H,7,9,13-14,17,20-21,23H2,1-6H3,(H,51,55)(H,52,57)(H,58,59)/t25-,26+,27+,29+,32+,37-,38-,44+/m0/s1. The number of carbonyl (C=O) groups is 4. The van der Waals surface area contributed by atoms with Crippen LogP contribution in [-0.2, 0) is 24.4 Å². The highest BCUT2D eigenvalue weighted by Crippen LogP contribution is 2.46. The molecule has 3 N–H and O–H groups in total. The number of amides is 4. The fourth-order valence-electron chi connectivity index (χ4n) is 8.94. The Hall–Kier alpha value is -5.66. The average Bonchev–Trinajstić information content (AvgIpc) is 4.17. The molecule has 4 aliphatic rings. The van der Waals surface area contributed by atoms with Crippen molar-refractivity contribution in [2.75, 3.05) is 13.7 Å². The monoisotopic (exact) mass is 928 g/mol. The summed E-state index contributed by atoms with van der Waals surface area (Å²) >= 11 is 0. The lowest BCUT2D eigenvalue weighted by molar-refractivity contribution is -0.184. The summed E-state index contributed by atoms with van der Waals surface area (Å²) in [6.07, 6.45) is -1.47. The van der Waals surface area contributed by atoms with Crippen LogP contribution in [0.2, 0.25) is 0 Å². The number of alkyl halides is 3. The van der Waals surface area contributed by atoms with E-state index in [1.165, 1.54) is 14.0 Å². The zero-order chi connectivity index (χ0) is 47.2. The summed E-state index contributed by atoms with van der Waals surface area (Å²) < 4.78 is 89.4. The molecule has 352 valence electrons. The molecule has 1 aromatic carbocycles. The van der Waals surface area contributed by atoms with Gasteiger partial charge in [0.2, 0.25) is 27.7 Å². The van der Waals surface area contributed by atoms with Gasteiger partial charge in [0.15, 0.2) is 0 Å². The molecule has 0 unspecified atom stereocenters. The molecular formula is C45H55F3N6O10S. The number of fused-ring (bicyclic) bond motifs is 3. The lowest BCUT2D eigenvalue weighted by Gasteiger charge is -2.40. The zero-order valence-corrected chi connectivity index (χ0v) is 37.8. The Morgan fingerprint density at radius 2 is 1.75 bits per heavy atom. The van der Waals surface area contributed by atoms with Crippen molar-refractivity contribution in [1.82, 2.24) is 29.8 Å². The number of aromatic nitrogens is 2. The molecule has 2 saturated carbocycles. The molecule has 4 heterocycles. The first-order valence-corrected chi connectivity index (χ1v) is 23.4. The topological polar surface area (TPSA) is 207 Å². The van der Waals surface area contributed by atoms with Crippen molar-refractivity contribution >= 4 is 44.6 Å². The number of pyridine rings is 2. The molecule has 3 aromatic rings. The van der Waals surface area contributed by atoms with Crippen LogP contribution < -0.4 is 24.2 Å². The van der Waals surface area contributed by atoms with E-state index in [0.29, 0.717) is 66.3 Å². The van der Waals surface area contributed by atoms with Gasteiger partial charge < -0.3 is 29.5 Å². The second-order valence-electron chi connectivity index (χ2n) is 18.1. The number of hydrogen-bond acceptors (Lipinski definition) is 11. The zero-order valence-electron chi connectivity index (χ0n) is 37.0. The molecular weight excluding hydrogens is 874 g/mol. The third kappa shape index (κ3) is 10.3. The maximum Gasteiger partial charge on any atom is 0.408 e. The third-order valence-electron chi connectivity index (χ3n) is 12.6. The molecule has 0 bridgehead atoms. The summed E-state index contributed by atoms with van der Waals surface area (Å²) in [5.41, 5.74) is -0.905. The summed E-state index contributed by atoms with van der Waals surface area (Å²) in [6.45, 7) is 7.40. The number of halogens is 3. The van der Waals surface area contributed by atoms with Crippen LogP contribution in [0.1, 0.15) is 79.6 Å². The first-order valence-electron chi connectivity index (χ1n) is 21.8. The molecule has 7 rings (SSSR count). The Bertz CT molecular complexity index is 2450. The number of carbonyl (C=O) groups excluding carboxylic acids is 3. The summed E-state index contributed by atoms with van der Waals surface area (Å²) in [5.74, 6) is -3.57. The van der Waals surface area contributed by atoms with E-state index in [2.05, 4.69) is 15.0 Å². The number of rotatable bonds is 11. The van der Waals surface area contributed by atoms with E-state index in [9.17, 15) is 41.1 Å². The summed E-state index contributed by atoms with van der Waals surface area (Å²) in [5, 5.41) is 13.5. The van der Waals surface area contributed by atoms with Gasteiger partial charge in [-0.25, -0.2) is 18.2 Å². The number of methoxy groups -OCH3 is 1. The van der Waals surface area contributed by atoms with E-state index in [1.807, 2.05) is 20.8 Å². The normalized spacial score (nSPS) is 26.8. The Balaban J connectivity index is 1.30. The fourth-order valence-corrected chi connectivity index (χ4v) is 10.3. The maximum atomic E-state index is 15.1. The van der Waals surface area contributed by atoms with Crippen LogP contribution in [0.3, 0.4) is 0 Å². The van der Waals surface area contributed by atoms with Crippen molar-refractivity contribution < 1.29 is 60.1 Å². The predicted octanol–water partition coefficient (Wildman–Crippen LogP) is 6.24. The first-order chi connectivity index (χ1) is 30.6. The summed E-state index contributed by atoms with van der Waals surface area (Å²) in [6, 6.07) is 4.34. The average molecular weight is 929 g/mol. The minimum atomic E-state index is -5.06. The maximum absolute atomic E-state index is 15.1. The smallest absolute Gasteiger partial charge is 0.408 e. The van der Waals surface area contributed by atoms with E-state index in [0.717, 1.165) is 4.90 Å². The quantitative estimate of drug-likeness (QED) is 0.183. The van der Waals surface area contributed by atoms with E-state index in [1.54, 1.807) is 54.7 Å². The van der Waals surface area contributed by atoms with Gasteiger partial charge in [0, 0.05) is 17.7 Å². The number of ether oxygens (including phenoxy) is 3. The van der Waals surface area contributed by atoms with Crippen molar-refractivity contribution in [1.29, 1.82) is 0 Å². The highest BCUT2D eigenvalue weighted by molar-refractivity contribution is 7.91. The largest absolute Gasteiger partial charge is 0.497 e. The van der Waals surface area contributed by atoms with Gasteiger partial charge in [-0.05, 0) is 113 Å². The third-order valence-corrected chi connectivity index (χ3v) is 14.5. The molecule has 2 aliphatic carbocycles. The summed E-state index contributed by atoms with van der Waals surface area (Å²) in [7, 11) is -2.54. The molecule has 4 amide bonds. The summed E-state index contributed by atoms with van der Waals surface area (Å²) in [4.78, 5) is 67.1. The van der Waals surface area contributed by atoms with Crippen molar-refractivity contribution in [3.05, 3.63) is 54.7 Å². The number of sulfonamides is 1. The second kappa shape index (κ2) is 18.3. The van der Waals surface area contributed by atoms with Crippen LogP contribution >= 0.6 is 0 Å². The number of allylic oxidation sites excluding steroid dienone is 1. The molecule has 20 heteroatoms. The number of nitrogens with zero attached hydrogens (tertiary/aromatic N) is 4. The van der Waals surface area contributed by atoms with Crippen LogP contribution in [0, 0.1) is 17.8 Å². The molecule has 0 radical (unpaired) electrons. The lowest BCUT2D eigenvalue weighted by atomic mass is 9.86. The lowest BCUT2D eigenvalue weighted by Crippen LogP contribution is -2.62. The van der Waals surface area contributed by atoms with Crippen LogP contribution in [-0.4, -0.2) is 118 Å². The first kappa shape index (κ1) is 47.3. The number of benzene rings is 1. The van der Waals surface area contributed by atoms with Crippen molar-refractivity contribution in [2.45, 2.75) is 127 Å². The Morgan fingerprint density at radius 3 is 2.38 bits per heavy atom. The van der Waals surface area contributed by atoms with Gasteiger partial charge in [0.05, 0.1) is 42.6 Å². The van der Waals surface area contributed by atoms with Gasteiger partial charge in [-0.3, -0.25) is 29.0 Å². The Morgan fingerprint density at radius 1 is 1.03 bits per heavy atom. The van der Waals surface area contributed by atoms with Crippen LogP contribution in [0.25, 0.3) is 22.2 Å². The molecule has 1 saturated heterocycles. The molecule has 2 aromatic heterocycles. The number of carboxylic acid groups (broad SMARTS) is 1. The molecule has 16 nitrogen and oxygen atoms in total. The second-order valence-corrected chi connectivity index (χ2v) is 20.0. The Kier molecular flexibility index (Phi) is 13.3. The van der Waals surface area contributed by atoms with Crippen molar-refractivity contribution in [3.63, 3.8) is 0 Å². The van der Waals surface area contributed by atoms with Crippen molar-refractivity contribution in [3.8, 4) is 28.8 Å². The SMILES string of the molecule is COc1ccc2c(O[C@@H]3C[C@H]4C(=O)N[C@]5(C(=O)NS(=O)(=O)C6CC6)C[C@H]5C=CCC[C@H](C)C[C@@H](C)[C@H](N(C(=O)O)[C@H](C)C(F)(F)F)C(=O)N4C3)nc(-c3ccc(OC(C)C)cn3)cc2c1. The minimum Gasteiger partial charge on any atom is -0.497 e. The molecule has 2 aliphatic heterocycles. The number of hydrogen-bond donors (Lipinski definition) is 3. The van der Waals surface area contributed by atoms with E-state index in [-0.39, 0.29) is 42.1 Å². The van der Waals surface area contributed by atoms with E-state index < -0.39 is 93.4 Å². The van der Waals surface area contributed by atoms with Gasteiger partial charge in [-0.2, -0.15) is 13.2 Å². The van der Waals surface area contributed by atoms with Gasteiger partial charge in [-0.15, -0.1) is 0 Å². The van der Waals surface area contributed by atoms with Crippen LogP contribution in [0.4, 0.5) is 18.0 Å². The van der Waals surface area contributed by atoms with Crippen LogP contribution in [0.15, 0.2) is 54.7 Å². The van der Waals surface area contributed by atoms with Gasteiger partial charge in [-0.1, -0.05) is 26.0 Å².